The molecule has 1 nitrogen and oxygen atoms in total. The first-order valence-electron chi connectivity index (χ1n) is 24.4. The summed E-state index contributed by atoms with van der Waals surface area (Å²) in [6.07, 6.45) is 0. The van der Waals surface area contributed by atoms with Crippen LogP contribution in [0.2, 0.25) is 0 Å². The second kappa shape index (κ2) is 19.4. The Morgan fingerprint density at radius 2 is 0.521 bits per heavy atom. The molecule has 12 aromatic rings. The molecule has 1 heteroatoms. The van der Waals surface area contributed by atoms with E-state index in [1.807, 2.05) is 0 Å². The van der Waals surface area contributed by atoms with E-state index in [0.717, 1.165) is 28.2 Å². The molecule has 0 aliphatic heterocycles. The highest BCUT2D eigenvalue weighted by Crippen LogP contribution is 2.43. The van der Waals surface area contributed by atoms with E-state index in [4.69, 9.17) is 0 Å². The van der Waals surface area contributed by atoms with Gasteiger partial charge >= 0.3 is 0 Å². The van der Waals surface area contributed by atoms with E-state index in [0.29, 0.717) is 0 Å². The van der Waals surface area contributed by atoms with Crippen LogP contribution in [0.25, 0.3) is 99.8 Å². The summed E-state index contributed by atoms with van der Waals surface area (Å²) in [4.78, 5) is 2.37. The van der Waals surface area contributed by atoms with Gasteiger partial charge in [-0.3, -0.25) is 0 Å². The quantitative estimate of drug-likeness (QED) is 0.125. The van der Waals surface area contributed by atoms with Crippen molar-refractivity contribution >= 4 is 27.8 Å². The maximum absolute atomic E-state index is 2.37. The number of nitrogens with zero attached hydrogens (tertiary/aromatic N) is 1. The molecule has 12 aromatic carbocycles. The molecule has 0 unspecified atom stereocenters. The van der Waals surface area contributed by atoms with Crippen molar-refractivity contribution in [2.24, 2.45) is 0 Å². The molecule has 0 N–H and O–H groups in total. The standard InChI is InChI=1S/C70H49N/c1-6-18-50(19-7-1)60-46-61(51-20-8-2-9-21-51)48-62(47-60)53-32-40-64(41-33-53)71(65-42-34-57(35-43-65)68-45-36-56-26-16-17-29-67(56)70(68)58-27-14-5-15-28-58)63-38-30-52(31-39-63)59-37-44-66(54-22-10-3-11-23-54)69(49-59)55-24-12-4-13-25-55/h1-49H. The zero-order chi connectivity index (χ0) is 47.3. The number of hydrogen-bond donors (Lipinski definition) is 0. The Kier molecular flexibility index (Phi) is 11.7. The molecule has 334 valence electrons. The van der Waals surface area contributed by atoms with Crippen molar-refractivity contribution in [3.63, 3.8) is 0 Å². The molecule has 71 heavy (non-hydrogen) atoms. The highest BCUT2D eigenvalue weighted by Gasteiger charge is 2.18. The third-order valence-electron chi connectivity index (χ3n) is 13.7. The van der Waals surface area contributed by atoms with Crippen molar-refractivity contribution < 1.29 is 0 Å². The monoisotopic (exact) mass is 903 g/mol. The molecule has 0 radical (unpaired) electrons. The molecule has 0 amide bonds. The second-order valence-electron chi connectivity index (χ2n) is 18.1. The number of anilines is 3. The van der Waals surface area contributed by atoms with Crippen LogP contribution in [0.1, 0.15) is 0 Å². The average molecular weight is 904 g/mol. The van der Waals surface area contributed by atoms with Crippen LogP contribution in [0.4, 0.5) is 17.1 Å². The van der Waals surface area contributed by atoms with Gasteiger partial charge in [-0.2, -0.15) is 0 Å². The molecular formula is C70H49N. The lowest BCUT2D eigenvalue weighted by molar-refractivity contribution is 1.28. The minimum atomic E-state index is 1.08. The van der Waals surface area contributed by atoms with Crippen LogP contribution in [0.15, 0.2) is 297 Å². The van der Waals surface area contributed by atoms with Gasteiger partial charge in [0.1, 0.15) is 0 Å². The Morgan fingerprint density at radius 1 is 0.183 bits per heavy atom. The van der Waals surface area contributed by atoms with Crippen LogP contribution in [-0.2, 0) is 0 Å². The van der Waals surface area contributed by atoms with E-state index in [1.165, 1.54) is 88.7 Å². The summed E-state index contributed by atoms with van der Waals surface area (Å²) >= 11 is 0. The second-order valence-corrected chi connectivity index (χ2v) is 18.1. The Morgan fingerprint density at radius 3 is 1.01 bits per heavy atom. The van der Waals surface area contributed by atoms with Crippen LogP contribution in [0.5, 0.6) is 0 Å². The molecule has 0 bridgehead atoms. The van der Waals surface area contributed by atoms with Crippen molar-refractivity contribution in [2.75, 3.05) is 4.90 Å². The zero-order valence-corrected chi connectivity index (χ0v) is 39.2. The molecule has 0 fully saturated rings. The lowest BCUT2D eigenvalue weighted by atomic mass is 9.89. The first-order chi connectivity index (χ1) is 35.2. The Labute approximate surface area is 416 Å². The smallest absolute Gasteiger partial charge is 0.0462 e. The van der Waals surface area contributed by atoms with Gasteiger partial charge < -0.3 is 4.90 Å². The van der Waals surface area contributed by atoms with Gasteiger partial charge in [0, 0.05) is 17.1 Å². The molecule has 0 saturated carbocycles. The number of benzene rings is 12. The minimum absolute atomic E-state index is 1.08. The number of rotatable bonds is 11. The van der Waals surface area contributed by atoms with Gasteiger partial charge in [-0.05, 0) is 160 Å². The maximum atomic E-state index is 2.37. The molecule has 0 aliphatic carbocycles. The van der Waals surface area contributed by atoms with Gasteiger partial charge in [0.15, 0.2) is 0 Å². The van der Waals surface area contributed by atoms with E-state index >= 15 is 0 Å². The van der Waals surface area contributed by atoms with Gasteiger partial charge in [0.2, 0.25) is 0 Å². The summed E-state index contributed by atoms with van der Waals surface area (Å²) in [5.41, 5.74) is 22.4. The highest BCUT2D eigenvalue weighted by molar-refractivity contribution is 6.04. The highest BCUT2D eigenvalue weighted by atomic mass is 15.1. The lowest BCUT2D eigenvalue weighted by Crippen LogP contribution is -2.09. The van der Waals surface area contributed by atoms with E-state index in [9.17, 15) is 0 Å². The summed E-state index contributed by atoms with van der Waals surface area (Å²) in [6.45, 7) is 0. The van der Waals surface area contributed by atoms with Crippen LogP contribution in [0, 0.1) is 0 Å². The Hall–Kier alpha value is -9.30. The summed E-state index contributed by atoms with van der Waals surface area (Å²) in [5, 5.41) is 2.48. The molecule has 0 atom stereocenters. The van der Waals surface area contributed by atoms with E-state index in [-0.39, 0.29) is 0 Å². The molecule has 12 rings (SSSR count). The SMILES string of the molecule is c1ccc(-c2cc(-c3ccccc3)cc(-c3ccc(N(c4ccc(-c5ccc(-c6ccccc6)c(-c6ccccc6)c5)cc4)c4ccc(-c5ccc6ccccc6c5-c5ccccc5)cc4)cc3)c2)cc1. The topological polar surface area (TPSA) is 3.24 Å². The fraction of sp³-hybridized carbons (Fsp3) is 0. The van der Waals surface area contributed by atoms with Crippen molar-refractivity contribution in [3.05, 3.63) is 297 Å². The first-order valence-corrected chi connectivity index (χ1v) is 24.4. The fourth-order valence-corrected chi connectivity index (χ4v) is 10.1. The largest absolute Gasteiger partial charge is 0.311 e. The van der Waals surface area contributed by atoms with Gasteiger partial charge in [0.25, 0.3) is 0 Å². The predicted octanol–water partition coefficient (Wildman–Crippen LogP) is 19.6. The minimum Gasteiger partial charge on any atom is -0.311 e. The van der Waals surface area contributed by atoms with E-state index in [2.05, 4.69) is 302 Å². The first kappa shape index (κ1) is 43.0. The summed E-state index contributed by atoms with van der Waals surface area (Å²) in [7, 11) is 0. The Bertz CT molecular complexity index is 3680. The van der Waals surface area contributed by atoms with E-state index in [1.54, 1.807) is 0 Å². The maximum Gasteiger partial charge on any atom is 0.0462 e. The van der Waals surface area contributed by atoms with Crippen LogP contribution in [-0.4, -0.2) is 0 Å². The molecule has 0 aliphatic rings. The lowest BCUT2D eigenvalue weighted by Gasteiger charge is -2.26. The normalized spacial score (nSPS) is 11.1. The van der Waals surface area contributed by atoms with Crippen LogP contribution >= 0.6 is 0 Å². The van der Waals surface area contributed by atoms with E-state index < -0.39 is 0 Å². The average Bonchev–Trinajstić information content (AvgIpc) is 3.46. The predicted molar refractivity (Wildman–Crippen MR) is 302 cm³/mol. The molecule has 0 aromatic heterocycles. The third-order valence-corrected chi connectivity index (χ3v) is 13.7. The zero-order valence-electron chi connectivity index (χ0n) is 39.2. The van der Waals surface area contributed by atoms with Crippen molar-refractivity contribution in [3.8, 4) is 89.0 Å². The van der Waals surface area contributed by atoms with Gasteiger partial charge in [0.05, 0.1) is 0 Å². The van der Waals surface area contributed by atoms with Crippen molar-refractivity contribution in [2.45, 2.75) is 0 Å². The van der Waals surface area contributed by atoms with Gasteiger partial charge in [-0.1, -0.05) is 237 Å². The molecule has 0 spiro atoms. The van der Waals surface area contributed by atoms with Gasteiger partial charge in [-0.25, -0.2) is 0 Å². The summed E-state index contributed by atoms with van der Waals surface area (Å²) in [5.74, 6) is 0. The summed E-state index contributed by atoms with van der Waals surface area (Å²) < 4.78 is 0. The van der Waals surface area contributed by atoms with Crippen molar-refractivity contribution in [1.82, 2.24) is 0 Å². The third kappa shape index (κ3) is 8.85. The van der Waals surface area contributed by atoms with Crippen molar-refractivity contribution in [1.29, 1.82) is 0 Å². The van der Waals surface area contributed by atoms with Gasteiger partial charge in [-0.15, -0.1) is 0 Å². The molecular weight excluding hydrogens is 855 g/mol. The molecule has 0 saturated heterocycles. The Balaban J connectivity index is 0.949. The fourth-order valence-electron chi connectivity index (χ4n) is 10.1. The molecule has 0 heterocycles. The summed E-state index contributed by atoms with van der Waals surface area (Å²) in [6, 6.07) is 108. The van der Waals surface area contributed by atoms with Crippen LogP contribution < -0.4 is 4.90 Å². The number of hydrogen-bond acceptors (Lipinski definition) is 1. The number of fused-ring (bicyclic) bond motifs is 1. The van der Waals surface area contributed by atoms with Crippen LogP contribution in [0.3, 0.4) is 0 Å².